The van der Waals surface area contributed by atoms with E-state index in [2.05, 4.69) is 10.7 Å². The molecule has 4 nitrogen and oxygen atoms in total. The van der Waals surface area contributed by atoms with E-state index in [0.717, 1.165) is 6.42 Å². The van der Waals surface area contributed by atoms with Gasteiger partial charge in [0.05, 0.1) is 5.92 Å². The van der Waals surface area contributed by atoms with Crippen molar-refractivity contribution >= 4 is 23.2 Å². The number of thiophene rings is 1. The van der Waals surface area contributed by atoms with Crippen LogP contribution in [0.1, 0.15) is 42.2 Å². The summed E-state index contributed by atoms with van der Waals surface area (Å²) in [5, 5.41) is 5.22. The number of hydrogen-bond acceptors (Lipinski definition) is 3. The van der Waals surface area contributed by atoms with E-state index in [1.807, 2.05) is 18.3 Å². The Labute approximate surface area is 129 Å². The van der Waals surface area contributed by atoms with Gasteiger partial charge in [-0.25, -0.2) is 0 Å². The van der Waals surface area contributed by atoms with Gasteiger partial charge in [0.1, 0.15) is 0 Å². The Morgan fingerprint density at radius 1 is 1.43 bits per heavy atom. The summed E-state index contributed by atoms with van der Waals surface area (Å²) in [5.74, 6) is -0.0486. The van der Waals surface area contributed by atoms with Crippen LogP contribution in [0.15, 0.2) is 5.38 Å². The lowest BCUT2D eigenvalue weighted by atomic mass is 9.96. The highest BCUT2D eigenvalue weighted by Crippen LogP contribution is 2.30. The van der Waals surface area contributed by atoms with Crippen LogP contribution >= 0.6 is 11.3 Å². The second-order valence-electron chi connectivity index (χ2n) is 5.92. The Morgan fingerprint density at radius 2 is 2.24 bits per heavy atom. The van der Waals surface area contributed by atoms with E-state index in [0.29, 0.717) is 26.1 Å². The van der Waals surface area contributed by atoms with E-state index < -0.39 is 0 Å². The van der Waals surface area contributed by atoms with Crippen LogP contribution in [0.3, 0.4) is 0 Å². The zero-order chi connectivity index (χ0) is 14.8. The molecular weight excluding hydrogens is 284 g/mol. The first-order chi connectivity index (χ1) is 10.2. The molecule has 0 radical (unpaired) electrons. The van der Waals surface area contributed by atoms with Crippen LogP contribution in [0.25, 0.3) is 0 Å². The number of nitrogens with one attached hydrogen (secondary N) is 1. The van der Waals surface area contributed by atoms with Gasteiger partial charge in [0.2, 0.25) is 11.8 Å². The molecule has 0 saturated carbocycles. The summed E-state index contributed by atoms with van der Waals surface area (Å²) >= 11 is 1.83. The maximum Gasteiger partial charge on any atom is 0.225 e. The Kier molecular flexibility index (Phi) is 4.29. The molecule has 1 atom stereocenters. The van der Waals surface area contributed by atoms with Crippen LogP contribution in [0, 0.1) is 5.92 Å². The number of fused-ring (bicyclic) bond motifs is 1. The molecule has 1 N–H and O–H groups in total. The summed E-state index contributed by atoms with van der Waals surface area (Å²) in [5.41, 5.74) is 2.74. The van der Waals surface area contributed by atoms with E-state index in [1.54, 1.807) is 4.90 Å². The number of hydrogen-bond donors (Lipinski definition) is 1. The van der Waals surface area contributed by atoms with Crippen molar-refractivity contribution in [2.75, 3.05) is 13.1 Å². The van der Waals surface area contributed by atoms with Crippen LogP contribution in [0.5, 0.6) is 0 Å². The SMILES string of the molecule is CCN1C[C@@H](C(=O)NCc2csc3c2CCCC3)CC1=O. The van der Waals surface area contributed by atoms with Gasteiger partial charge in [0.15, 0.2) is 0 Å². The fourth-order valence-corrected chi connectivity index (χ4v) is 4.44. The Hall–Kier alpha value is -1.36. The van der Waals surface area contributed by atoms with Gasteiger partial charge in [-0.1, -0.05) is 0 Å². The minimum Gasteiger partial charge on any atom is -0.352 e. The van der Waals surface area contributed by atoms with Gasteiger partial charge >= 0.3 is 0 Å². The van der Waals surface area contributed by atoms with E-state index >= 15 is 0 Å². The molecule has 2 aliphatic rings. The largest absolute Gasteiger partial charge is 0.352 e. The molecule has 0 aromatic carbocycles. The summed E-state index contributed by atoms with van der Waals surface area (Å²) in [7, 11) is 0. The first-order valence-electron chi connectivity index (χ1n) is 7.82. The number of amides is 2. The molecule has 0 bridgehead atoms. The summed E-state index contributed by atoms with van der Waals surface area (Å²) in [4.78, 5) is 27.2. The number of nitrogens with zero attached hydrogens (tertiary/aromatic N) is 1. The monoisotopic (exact) mass is 306 g/mol. The number of aryl methyl sites for hydroxylation is 1. The summed E-state index contributed by atoms with van der Waals surface area (Å²) in [6.07, 6.45) is 5.25. The third kappa shape index (κ3) is 2.98. The normalized spacial score (nSPS) is 21.5. The molecule has 1 fully saturated rings. The number of rotatable bonds is 4. The first-order valence-corrected chi connectivity index (χ1v) is 8.70. The maximum absolute atomic E-state index is 12.2. The lowest BCUT2D eigenvalue weighted by molar-refractivity contribution is -0.128. The second kappa shape index (κ2) is 6.18. The maximum atomic E-state index is 12.2. The Balaban J connectivity index is 1.57. The minimum atomic E-state index is -0.174. The fraction of sp³-hybridized carbons (Fsp3) is 0.625. The highest BCUT2D eigenvalue weighted by molar-refractivity contribution is 7.10. The summed E-state index contributed by atoms with van der Waals surface area (Å²) in [6, 6.07) is 0. The lowest BCUT2D eigenvalue weighted by Crippen LogP contribution is -2.32. The van der Waals surface area contributed by atoms with Crippen molar-refractivity contribution in [1.82, 2.24) is 10.2 Å². The van der Waals surface area contributed by atoms with E-state index in [9.17, 15) is 9.59 Å². The van der Waals surface area contributed by atoms with Crippen molar-refractivity contribution in [3.63, 3.8) is 0 Å². The number of carbonyl (C=O) groups is 2. The molecule has 1 aliphatic heterocycles. The van der Waals surface area contributed by atoms with Crippen LogP contribution in [-0.4, -0.2) is 29.8 Å². The molecule has 1 aliphatic carbocycles. The van der Waals surface area contributed by atoms with Gasteiger partial charge in [-0.15, -0.1) is 11.3 Å². The quantitative estimate of drug-likeness (QED) is 0.926. The molecule has 2 amide bonds. The lowest BCUT2D eigenvalue weighted by Gasteiger charge is -2.15. The third-order valence-corrected chi connectivity index (χ3v) is 5.71. The number of carbonyl (C=O) groups excluding carboxylic acids is 2. The topological polar surface area (TPSA) is 49.4 Å². The molecule has 5 heteroatoms. The minimum absolute atomic E-state index is 0.0232. The third-order valence-electron chi connectivity index (χ3n) is 4.57. The molecule has 1 saturated heterocycles. The van der Waals surface area contributed by atoms with Gasteiger partial charge in [-0.3, -0.25) is 9.59 Å². The van der Waals surface area contributed by atoms with Gasteiger partial charge in [0.25, 0.3) is 0 Å². The van der Waals surface area contributed by atoms with Crippen molar-refractivity contribution < 1.29 is 9.59 Å². The van der Waals surface area contributed by atoms with E-state index in [1.165, 1.54) is 35.3 Å². The van der Waals surface area contributed by atoms with Crippen molar-refractivity contribution in [1.29, 1.82) is 0 Å². The van der Waals surface area contributed by atoms with Gasteiger partial charge in [-0.05, 0) is 49.1 Å². The molecule has 3 rings (SSSR count). The first kappa shape index (κ1) is 14.6. The second-order valence-corrected chi connectivity index (χ2v) is 6.89. The van der Waals surface area contributed by atoms with Crippen LogP contribution in [0.2, 0.25) is 0 Å². The average molecular weight is 306 g/mol. The highest BCUT2D eigenvalue weighted by atomic mass is 32.1. The smallest absolute Gasteiger partial charge is 0.225 e. The molecule has 1 aromatic rings. The average Bonchev–Trinajstić information content (AvgIpc) is 3.08. The van der Waals surface area contributed by atoms with Crippen molar-refractivity contribution in [2.45, 2.75) is 45.6 Å². The molecule has 21 heavy (non-hydrogen) atoms. The van der Waals surface area contributed by atoms with Gasteiger partial charge in [-0.2, -0.15) is 0 Å². The predicted molar refractivity (Wildman–Crippen MR) is 83.2 cm³/mol. The molecule has 0 spiro atoms. The van der Waals surface area contributed by atoms with E-state index in [-0.39, 0.29) is 17.7 Å². The number of likely N-dealkylation sites (tertiary alicyclic amines) is 1. The van der Waals surface area contributed by atoms with Crippen LogP contribution < -0.4 is 5.32 Å². The molecular formula is C16H22N2O2S. The van der Waals surface area contributed by atoms with Gasteiger partial charge in [0, 0.05) is 30.9 Å². The Morgan fingerprint density at radius 3 is 3.00 bits per heavy atom. The van der Waals surface area contributed by atoms with Crippen LogP contribution in [-0.2, 0) is 29.0 Å². The summed E-state index contributed by atoms with van der Waals surface area (Å²) in [6.45, 7) is 3.83. The zero-order valence-corrected chi connectivity index (χ0v) is 13.3. The zero-order valence-electron chi connectivity index (χ0n) is 12.5. The predicted octanol–water partition coefficient (Wildman–Crippen LogP) is 2.11. The molecule has 114 valence electrons. The molecule has 0 unspecified atom stereocenters. The van der Waals surface area contributed by atoms with Crippen LogP contribution in [0.4, 0.5) is 0 Å². The fourth-order valence-electron chi connectivity index (χ4n) is 3.29. The van der Waals surface area contributed by atoms with Crippen molar-refractivity contribution in [3.8, 4) is 0 Å². The standard InChI is InChI=1S/C16H22N2O2S/c1-2-18-9-11(7-15(18)19)16(20)17-8-12-10-21-14-6-4-3-5-13(12)14/h10-11H,2-9H2,1H3,(H,17,20)/t11-/m0/s1. The molecule has 2 heterocycles. The highest BCUT2D eigenvalue weighted by Gasteiger charge is 2.33. The summed E-state index contributed by atoms with van der Waals surface area (Å²) < 4.78 is 0. The Bertz CT molecular complexity index is 552. The van der Waals surface area contributed by atoms with Gasteiger partial charge < -0.3 is 10.2 Å². The van der Waals surface area contributed by atoms with E-state index in [4.69, 9.17) is 0 Å². The molecule has 1 aromatic heterocycles. The van der Waals surface area contributed by atoms with Crippen molar-refractivity contribution in [2.24, 2.45) is 5.92 Å². The van der Waals surface area contributed by atoms with Crippen molar-refractivity contribution in [3.05, 3.63) is 21.4 Å².